The predicted molar refractivity (Wildman–Crippen MR) is 120 cm³/mol. The third kappa shape index (κ3) is 4.74. The zero-order valence-corrected chi connectivity index (χ0v) is 18.8. The molecule has 0 bridgehead atoms. The lowest BCUT2D eigenvalue weighted by molar-refractivity contribution is 0.158. The summed E-state index contributed by atoms with van der Waals surface area (Å²) in [4.78, 5) is 15.8. The van der Waals surface area contributed by atoms with Crippen molar-refractivity contribution in [2.24, 2.45) is 7.05 Å². The van der Waals surface area contributed by atoms with Crippen molar-refractivity contribution in [3.63, 3.8) is 0 Å². The molecule has 1 aromatic carbocycles. The molecule has 1 aliphatic rings. The van der Waals surface area contributed by atoms with Crippen molar-refractivity contribution in [3.05, 3.63) is 45.6 Å². The van der Waals surface area contributed by atoms with Crippen LogP contribution >= 0.6 is 0 Å². The van der Waals surface area contributed by atoms with Gasteiger partial charge in [0.2, 0.25) is 0 Å². The van der Waals surface area contributed by atoms with Crippen LogP contribution in [0.3, 0.4) is 0 Å². The number of aromatic nitrogens is 1. The topological polar surface area (TPSA) is 25.2 Å². The summed E-state index contributed by atoms with van der Waals surface area (Å²) in [6, 6.07) is 5.68. The summed E-state index contributed by atoms with van der Waals surface area (Å²) >= 11 is 0. The van der Waals surface area contributed by atoms with Crippen molar-refractivity contribution in [1.29, 1.82) is 0 Å². The standard InChI is InChI=1S/C25H37FN2O/c1-6-10-19(13-18(4)28-11-8-7-9-12-28)24-16-22-21(17(2)3)14-20(26)15-23(22)25(29)27(24)5/h14-19H,6-13H2,1-5H3. The molecule has 1 aliphatic heterocycles. The lowest BCUT2D eigenvalue weighted by atomic mass is 9.88. The fraction of sp³-hybridized carbons (Fsp3) is 0.640. The summed E-state index contributed by atoms with van der Waals surface area (Å²) in [6.07, 6.45) is 7.14. The Bertz CT molecular complexity index is 896. The van der Waals surface area contributed by atoms with Crippen molar-refractivity contribution in [2.75, 3.05) is 13.1 Å². The molecule has 1 fully saturated rings. The van der Waals surface area contributed by atoms with Crippen LogP contribution in [0.4, 0.5) is 4.39 Å². The number of likely N-dealkylation sites (tertiary alicyclic amines) is 1. The van der Waals surface area contributed by atoms with Gasteiger partial charge in [-0.3, -0.25) is 4.79 Å². The summed E-state index contributed by atoms with van der Waals surface area (Å²) < 4.78 is 15.9. The summed E-state index contributed by atoms with van der Waals surface area (Å²) in [5.41, 5.74) is 1.95. The van der Waals surface area contributed by atoms with Crippen LogP contribution in [0.15, 0.2) is 23.0 Å². The van der Waals surface area contributed by atoms with Crippen LogP contribution in [0.5, 0.6) is 0 Å². The molecule has 2 heterocycles. The molecule has 0 radical (unpaired) electrons. The first-order valence-corrected chi connectivity index (χ1v) is 11.4. The number of piperidine rings is 1. The lowest BCUT2D eigenvalue weighted by Gasteiger charge is -2.35. The number of benzene rings is 1. The van der Waals surface area contributed by atoms with Crippen LogP contribution in [-0.2, 0) is 7.05 Å². The third-order valence-corrected chi connectivity index (χ3v) is 6.71. The molecule has 0 saturated carbocycles. The summed E-state index contributed by atoms with van der Waals surface area (Å²) in [7, 11) is 1.85. The summed E-state index contributed by atoms with van der Waals surface area (Å²) in [5.74, 6) is 0.184. The SMILES string of the molecule is CCCC(CC(C)N1CCCCC1)c1cc2c(C(C)C)cc(F)cc2c(=O)n1C. The quantitative estimate of drug-likeness (QED) is 0.574. The number of hydrogen-bond donors (Lipinski definition) is 0. The Hall–Kier alpha value is -1.68. The minimum atomic E-state index is -0.324. The zero-order chi connectivity index (χ0) is 21.1. The maximum Gasteiger partial charge on any atom is 0.258 e. The van der Waals surface area contributed by atoms with E-state index in [2.05, 4.69) is 38.7 Å². The molecule has 29 heavy (non-hydrogen) atoms. The van der Waals surface area contributed by atoms with Gasteiger partial charge in [0.05, 0.1) is 5.39 Å². The van der Waals surface area contributed by atoms with Gasteiger partial charge in [-0.25, -0.2) is 4.39 Å². The third-order valence-electron chi connectivity index (χ3n) is 6.71. The van der Waals surface area contributed by atoms with Gasteiger partial charge in [0.1, 0.15) is 5.82 Å². The Balaban J connectivity index is 2.04. The first-order chi connectivity index (χ1) is 13.8. The van der Waals surface area contributed by atoms with Gasteiger partial charge in [0.15, 0.2) is 0 Å². The van der Waals surface area contributed by atoms with Crippen molar-refractivity contribution in [2.45, 2.75) is 84.1 Å². The van der Waals surface area contributed by atoms with Gasteiger partial charge in [-0.15, -0.1) is 0 Å². The first kappa shape index (κ1) is 22.0. The molecule has 0 spiro atoms. The fourth-order valence-corrected chi connectivity index (χ4v) is 5.04. The predicted octanol–water partition coefficient (Wildman–Crippen LogP) is 5.95. The Kier molecular flexibility index (Phi) is 7.15. The fourth-order valence-electron chi connectivity index (χ4n) is 5.04. The average molecular weight is 401 g/mol. The second kappa shape index (κ2) is 9.42. The highest BCUT2D eigenvalue weighted by Gasteiger charge is 2.24. The Morgan fingerprint density at radius 3 is 2.34 bits per heavy atom. The van der Waals surface area contributed by atoms with Gasteiger partial charge in [0, 0.05) is 24.7 Å². The van der Waals surface area contributed by atoms with Gasteiger partial charge in [-0.1, -0.05) is 33.6 Å². The maximum absolute atomic E-state index is 14.2. The lowest BCUT2D eigenvalue weighted by Crippen LogP contribution is -2.38. The minimum Gasteiger partial charge on any atom is -0.315 e. The molecule has 3 nitrogen and oxygen atoms in total. The van der Waals surface area contributed by atoms with Crippen molar-refractivity contribution < 1.29 is 4.39 Å². The molecular formula is C25H37FN2O. The number of rotatable bonds is 7. The number of halogens is 1. The van der Waals surface area contributed by atoms with Gasteiger partial charge < -0.3 is 9.47 Å². The van der Waals surface area contributed by atoms with E-state index >= 15 is 0 Å². The maximum atomic E-state index is 14.2. The Morgan fingerprint density at radius 1 is 1.03 bits per heavy atom. The van der Waals surface area contributed by atoms with E-state index in [9.17, 15) is 9.18 Å². The van der Waals surface area contributed by atoms with Crippen LogP contribution < -0.4 is 5.56 Å². The van der Waals surface area contributed by atoms with Gasteiger partial charge in [0.25, 0.3) is 5.56 Å². The normalized spacial score (nSPS) is 17.8. The molecule has 1 aromatic heterocycles. The molecular weight excluding hydrogens is 363 g/mol. The number of nitrogens with zero attached hydrogens (tertiary/aromatic N) is 2. The largest absolute Gasteiger partial charge is 0.315 e. The molecule has 0 aliphatic carbocycles. The second-order valence-corrected chi connectivity index (χ2v) is 9.21. The minimum absolute atomic E-state index is 0.0781. The van der Waals surface area contributed by atoms with E-state index in [4.69, 9.17) is 0 Å². The Labute approximate surface area is 174 Å². The molecule has 0 N–H and O–H groups in total. The monoisotopic (exact) mass is 400 g/mol. The first-order valence-electron chi connectivity index (χ1n) is 11.4. The highest BCUT2D eigenvalue weighted by atomic mass is 19.1. The smallest absolute Gasteiger partial charge is 0.258 e. The van der Waals surface area contributed by atoms with E-state index in [1.54, 1.807) is 10.6 Å². The van der Waals surface area contributed by atoms with Crippen LogP contribution in [0, 0.1) is 5.82 Å². The zero-order valence-electron chi connectivity index (χ0n) is 18.8. The highest BCUT2D eigenvalue weighted by Crippen LogP contribution is 2.32. The molecule has 1 saturated heterocycles. The van der Waals surface area contributed by atoms with Crippen LogP contribution in [0.1, 0.15) is 89.3 Å². The van der Waals surface area contributed by atoms with E-state index in [0.717, 1.165) is 35.9 Å². The molecule has 160 valence electrons. The molecule has 3 rings (SSSR count). The number of pyridine rings is 1. The van der Waals surface area contributed by atoms with Crippen molar-refractivity contribution >= 4 is 10.8 Å². The van der Waals surface area contributed by atoms with E-state index in [1.807, 2.05) is 7.05 Å². The second-order valence-electron chi connectivity index (χ2n) is 9.21. The number of fused-ring (bicyclic) bond motifs is 1. The number of hydrogen-bond acceptors (Lipinski definition) is 2. The average Bonchev–Trinajstić information content (AvgIpc) is 2.70. The van der Waals surface area contributed by atoms with Crippen LogP contribution in [0.2, 0.25) is 0 Å². The summed E-state index contributed by atoms with van der Waals surface area (Å²) in [6.45, 7) is 11.1. The van der Waals surface area contributed by atoms with Gasteiger partial charge >= 0.3 is 0 Å². The van der Waals surface area contributed by atoms with Crippen molar-refractivity contribution in [1.82, 2.24) is 9.47 Å². The van der Waals surface area contributed by atoms with E-state index in [1.165, 1.54) is 38.4 Å². The Morgan fingerprint density at radius 2 is 1.72 bits per heavy atom. The van der Waals surface area contributed by atoms with Crippen molar-refractivity contribution in [3.8, 4) is 0 Å². The van der Waals surface area contributed by atoms with E-state index in [0.29, 0.717) is 17.3 Å². The van der Waals surface area contributed by atoms with Crippen LogP contribution in [-0.4, -0.2) is 28.6 Å². The molecule has 2 atom stereocenters. The van der Waals surface area contributed by atoms with Crippen LogP contribution in [0.25, 0.3) is 10.8 Å². The summed E-state index contributed by atoms with van der Waals surface area (Å²) in [5, 5.41) is 1.42. The van der Waals surface area contributed by atoms with Gasteiger partial charge in [-0.2, -0.15) is 0 Å². The van der Waals surface area contributed by atoms with E-state index in [-0.39, 0.29) is 17.3 Å². The highest BCUT2D eigenvalue weighted by molar-refractivity contribution is 5.86. The van der Waals surface area contributed by atoms with Gasteiger partial charge in [-0.05, 0) is 80.8 Å². The molecule has 2 aromatic rings. The molecule has 2 unspecified atom stereocenters. The van der Waals surface area contributed by atoms with E-state index < -0.39 is 0 Å². The molecule has 4 heteroatoms. The molecule has 0 amide bonds.